The fourth-order valence-electron chi connectivity index (χ4n) is 4.19. The molecule has 0 aliphatic carbocycles. The topological polar surface area (TPSA) is 46.5 Å². The van der Waals surface area contributed by atoms with Crippen LogP contribution >= 0.6 is 11.8 Å². The number of thioether (sulfide) groups is 1. The van der Waals surface area contributed by atoms with Crippen molar-refractivity contribution in [3.8, 4) is 0 Å². The van der Waals surface area contributed by atoms with E-state index < -0.39 is 5.97 Å². The molecule has 2 aliphatic rings. The molecule has 0 aromatic heterocycles. The zero-order valence-corrected chi connectivity index (χ0v) is 16.7. The van der Waals surface area contributed by atoms with Crippen LogP contribution in [0.1, 0.15) is 44.1 Å². The molecule has 2 saturated heterocycles. The second kappa shape index (κ2) is 10.7. The number of benzene rings is 1. The van der Waals surface area contributed by atoms with Crippen molar-refractivity contribution < 1.29 is 14.6 Å². The number of allylic oxidation sites excluding steroid dienone is 2. The number of hydrogen-bond acceptors (Lipinski definition) is 3. The molecule has 3 nitrogen and oxygen atoms in total. The summed E-state index contributed by atoms with van der Waals surface area (Å²) in [5, 5.41) is 8.69. The van der Waals surface area contributed by atoms with E-state index in [1.165, 1.54) is 18.4 Å². The van der Waals surface area contributed by atoms with Crippen molar-refractivity contribution in [3.63, 3.8) is 0 Å². The zero-order chi connectivity index (χ0) is 18.9. The van der Waals surface area contributed by atoms with Gasteiger partial charge in [0.05, 0.1) is 12.2 Å². The van der Waals surface area contributed by atoms with Gasteiger partial charge in [-0.2, -0.15) is 11.8 Å². The molecule has 0 spiro atoms. The normalized spacial score (nSPS) is 27.1. The van der Waals surface area contributed by atoms with Gasteiger partial charge in [0.15, 0.2) is 0 Å². The summed E-state index contributed by atoms with van der Waals surface area (Å²) in [5.41, 5.74) is 1.26. The Morgan fingerprint density at radius 2 is 1.89 bits per heavy atom. The van der Waals surface area contributed by atoms with Crippen LogP contribution in [0, 0.1) is 11.8 Å². The lowest BCUT2D eigenvalue weighted by Gasteiger charge is -2.26. The number of rotatable bonds is 11. The summed E-state index contributed by atoms with van der Waals surface area (Å²) >= 11 is 2.01. The maximum atomic E-state index is 10.6. The van der Waals surface area contributed by atoms with Crippen LogP contribution in [-0.4, -0.2) is 34.8 Å². The molecule has 1 aromatic carbocycles. The molecule has 4 atom stereocenters. The van der Waals surface area contributed by atoms with E-state index in [1.54, 1.807) is 0 Å². The van der Waals surface area contributed by atoms with E-state index in [0.717, 1.165) is 30.8 Å². The molecule has 0 radical (unpaired) electrons. The van der Waals surface area contributed by atoms with E-state index in [1.807, 2.05) is 17.8 Å². The first-order chi connectivity index (χ1) is 13.2. The van der Waals surface area contributed by atoms with Crippen LogP contribution in [0.25, 0.3) is 6.08 Å². The van der Waals surface area contributed by atoms with Gasteiger partial charge in [0.25, 0.3) is 0 Å². The molecule has 2 fully saturated rings. The van der Waals surface area contributed by atoms with Crippen LogP contribution in [0.5, 0.6) is 0 Å². The zero-order valence-electron chi connectivity index (χ0n) is 15.8. The average Bonchev–Trinajstić information content (AvgIpc) is 3.27. The highest BCUT2D eigenvalue weighted by atomic mass is 32.2. The number of fused-ring (bicyclic) bond motifs is 2. The Morgan fingerprint density at radius 1 is 1.11 bits per heavy atom. The van der Waals surface area contributed by atoms with Gasteiger partial charge in [0.1, 0.15) is 0 Å². The van der Waals surface area contributed by atoms with Crippen LogP contribution < -0.4 is 0 Å². The second-order valence-electron chi connectivity index (χ2n) is 7.46. The second-order valence-corrected chi connectivity index (χ2v) is 8.54. The number of carboxylic acids is 1. The van der Waals surface area contributed by atoms with Crippen molar-refractivity contribution in [1.82, 2.24) is 0 Å². The fraction of sp³-hybridized carbons (Fsp3) is 0.522. The van der Waals surface area contributed by atoms with Gasteiger partial charge < -0.3 is 9.84 Å². The number of carboxylic acid groups (broad SMARTS) is 1. The van der Waals surface area contributed by atoms with Crippen LogP contribution in [0.4, 0.5) is 0 Å². The first-order valence-corrected chi connectivity index (χ1v) is 11.2. The largest absolute Gasteiger partial charge is 0.481 e. The van der Waals surface area contributed by atoms with Gasteiger partial charge in [0.2, 0.25) is 0 Å². The molecule has 3 rings (SSSR count). The molecule has 1 N–H and O–H groups in total. The predicted molar refractivity (Wildman–Crippen MR) is 113 cm³/mol. The van der Waals surface area contributed by atoms with E-state index >= 15 is 0 Å². The third-order valence-electron chi connectivity index (χ3n) is 5.56. The minimum Gasteiger partial charge on any atom is -0.481 e. The standard InChI is InChI=1S/C23H30O3S/c24-23(25)13-7-2-1-6-12-19-20(22-15-14-21(19)26-22)17-27-16-8-11-18-9-4-3-5-10-18/h1,3-6,8-11,19-22H,2,7,12-17H2,(H,24,25)/t19-,20-,21-,22+/m1/s1. The van der Waals surface area contributed by atoms with Crippen molar-refractivity contribution >= 4 is 23.8 Å². The lowest BCUT2D eigenvalue weighted by atomic mass is 9.78. The first-order valence-electron chi connectivity index (χ1n) is 10.1. The Balaban J connectivity index is 1.39. The summed E-state index contributed by atoms with van der Waals surface area (Å²) in [6, 6.07) is 10.4. The van der Waals surface area contributed by atoms with E-state index in [-0.39, 0.29) is 6.42 Å². The number of aliphatic carboxylic acids is 1. The Labute approximate surface area is 166 Å². The van der Waals surface area contributed by atoms with Crippen molar-refractivity contribution in [2.24, 2.45) is 11.8 Å². The molecule has 2 aliphatic heterocycles. The Bertz CT molecular complexity index is 640. The minimum absolute atomic E-state index is 0.261. The molecule has 146 valence electrons. The van der Waals surface area contributed by atoms with Gasteiger partial charge in [-0.05, 0) is 55.3 Å². The molecule has 2 bridgehead atoms. The predicted octanol–water partition coefficient (Wildman–Crippen LogP) is 5.43. The summed E-state index contributed by atoms with van der Waals surface area (Å²) in [7, 11) is 0. The lowest BCUT2D eigenvalue weighted by Crippen LogP contribution is -2.28. The number of carbonyl (C=O) groups is 1. The van der Waals surface area contributed by atoms with E-state index in [4.69, 9.17) is 9.84 Å². The molecule has 27 heavy (non-hydrogen) atoms. The summed E-state index contributed by atoms with van der Waals surface area (Å²) in [5.74, 6) is 2.79. The van der Waals surface area contributed by atoms with Crippen molar-refractivity contribution in [2.45, 2.75) is 50.7 Å². The maximum Gasteiger partial charge on any atom is 0.303 e. The average molecular weight is 387 g/mol. The van der Waals surface area contributed by atoms with Crippen molar-refractivity contribution in [2.75, 3.05) is 11.5 Å². The molecular weight excluding hydrogens is 356 g/mol. The third-order valence-corrected chi connectivity index (χ3v) is 6.61. The van der Waals surface area contributed by atoms with Gasteiger partial charge in [-0.15, -0.1) is 0 Å². The minimum atomic E-state index is -0.705. The van der Waals surface area contributed by atoms with Crippen LogP contribution in [-0.2, 0) is 9.53 Å². The quantitative estimate of drug-likeness (QED) is 0.407. The first kappa shape index (κ1) is 20.2. The Kier molecular flexibility index (Phi) is 8.03. The van der Waals surface area contributed by atoms with Gasteiger partial charge >= 0.3 is 5.97 Å². The van der Waals surface area contributed by atoms with Crippen LogP contribution in [0.3, 0.4) is 0 Å². The monoisotopic (exact) mass is 386 g/mol. The number of hydrogen-bond donors (Lipinski definition) is 1. The van der Waals surface area contributed by atoms with Crippen molar-refractivity contribution in [3.05, 3.63) is 54.1 Å². The van der Waals surface area contributed by atoms with Crippen LogP contribution in [0.15, 0.2) is 48.6 Å². The Morgan fingerprint density at radius 3 is 2.67 bits per heavy atom. The van der Waals surface area contributed by atoms with Crippen LogP contribution in [0.2, 0.25) is 0 Å². The highest BCUT2D eigenvalue weighted by Crippen LogP contribution is 2.46. The highest BCUT2D eigenvalue weighted by molar-refractivity contribution is 7.99. The lowest BCUT2D eigenvalue weighted by molar-refractivity contribution is -0.137. The molecular formula is C23H30O3S. The Hall–Kier alpha value is -1.52. The van der Waals surface area contributed by atoms with Gasteiger partial charge in [-0.1, -0.05) is 54.6 Å². The summed E-state index contributed by atoms with van der Waals surface area (Å²) in [4.78, 5) is 10.6. The maximum absolute atomic E-state index is 10.6. The molecule has 0 saturated carbocycles. The smallest absolute Gasteiger partial charge is 0.303 e. The van der Waals surface area contributed by atoms with Gasteiger partial charge in [-0.3, -0.25) is 4.79 Å². The third kappa shape index (κ3) is 6.25. The van der Waals surface area contributed by atoms with E-state index in [0.29, 0.717) is 24.0 Å². The van der Waals surface area contributed by atoms with E-state index in [9.17, 15) is 4.79 Å². The fourth-order valence-corrected chi connectivity index (χ4v) is 5.29. The number of unbranched alkanes of at least 4 members (excludes halogenated alkanes) is 1. The van der Waals surface area contributed by atoms with Gasteiger partial charge in [-0.25, -0.2) is 0 Å². The summed E-state index contributed by atoms with van der Waals surface area (Å²) in [6.07, 6.45) is 15.1. The molecule has 4 heteroatoms. The molecule has 2 heterocycles. The van der Waals surface area contributed by atoms with Crippen molar-refractivity contribution in [1.29, 1.82) is 0 Å². The molecule has 0 unspecified atom stereocenters. The highest BCUT2D eigenvalue weighted by Gasteiger charge is 2.47. The van der Waals surface area contributed by atoms with Gasteiger partial charge in [0, 0.05) is 12.2 Å². The molecule has 1 aromatic rings. The van der Waals surface area contributed by atoms with E-state index in [2.05, 4.69) is 48.6 Å². The SMILES string of the molecule is O=C(O)CCCC=CC[C@@H]1[C@@H](CSCC=Cc2ccccc2)[C@@H]2CC[C@H]1O2. The summed E-state index contributed by atoms with van der Waals surface area (Å²) in [6.45, 7) is 0. The number of ether oxygens (including phenoxy) is 1. The molecule has 0 amide bonds. The summed E-state index contributed by atoms with van der Waals surface area (Å²) < 4.78 is 6.19.